The average molecular weight is 386 g/mol. The van der Waals surface area contributed by atoms with Crippen LogP contribution in [-0.4, -0.2) is 40.0 Å². The summed E-state index contributed by atoms with van der Waals surface area (Å²) >= 11 is 1.48. The van der Waals surface area contributed by atoms with Crippen LogP contribution in [0.1, 0.15) is 31.4 Å². The minimum atomic E-state index is 0.0125. The van der Waals surface area contributed by atoms with Gasteiger partial charge in [0.15, 0.2) is 5.16 Å². The summed E-state index contributed by atoms with van der Waals surface area (Å²) < 4.78 is 7.88. The summed E-state index contributed by atoms with van der Waals surface area (Å²) in [7, 11) is 0. The molecule has 2 aromatic rings. The van der Waals surface area contributed by atoms with Crippen molar-refractivity contribution in [2.24, 2.45) is 11.3 Å². The minimum absolute atomic E-state index is 0.0125. The molecule has 0 bridgehead atoms. The molecule has 0 radical (unpaired) electrons. The molecule has 2 aliphatic rings. The largest absolute Gasteiger partial charge is 0.377 e. The minimum Gasteiger partial charge on any atom is -0.377 e. The second kappa shape index (κ2) is 6.99. The smallest absolute Gasteiger partial charge is 0.230 e. The Morgan fingerprint density at radius 1 is 1.41 bits per heavy atom. The maximum atomic E-state index is 12.6. The van der Waals surface area contributed by atoms with Crippen molar-refractivity contribution in [3.8, 4) is 5.69 Å². The fourth-order valence-corrected chi connectivity index (χ4v) is 5.32. The van der Waals surface area contributed by atoms with Crippen molar-refractivity contribution < 1.29 is 9.53 Å². The molecule has 2 heterocycles. The predicted molar refractivity (Wildman–Crippen MR) is 107 cm³/mol. The molecule has 1 aromatic carbocycles. The highest BCUT2D eigenvalue weighted by Gasteiger charge is 2.59. The molecular weight excluding hydrogens is 358 g/mol. The first-order chi connectivity index (χ1) is 12.9. The molecule has 1 aliphatic carbocycles. The van der Waals surface area contributed by atoms with Gasteiger partial charge in [-0.2, -0.15) is 0 Å². The topological polar surface area (TPSA) is 56.2 Å². The van der Waals surface area contributed by atoms with Crippen LogP contribution in [0.3, 0.4) is 0 Å². The lowest BCUT2D eigenvalue weighted by Gasteiger charge is -2.54. The first kappa shape index (κ1) is 18.6. The number of amides is 1. The van der Waals surface area contributed by atoms with Crippen LogP contribution >= 0.6 is 11.8 Å². The molecule has 3 atom stereocenters. The number of thioether (sulfide) groups is 1. The summed E-state index contributed by atoms with van der Waals surface area (Å²) in [6.45, 7) is 9.41. The lowest BCUT2D eigenvalue weighted by Crippen LogP contribution is -2.66. The van der Waals surface area contributed by atoms with Gasteiger partial charge in [0, 0.05) is 36.4 Å². The van der Waals surface area contributed by atoms with Crippen LogP contribution in [0.4, 0.5) is 0 Å². The van der Waals surface area contributed by atoms with Crippen LogP contribution in [0.15, 0.2) is 35.7 Å². The van der Waals surface area contributed by atoms with E-state index in [0.717, 1.165) is 23.9 Å². The third-order valence-electron chi connectivity index (χ3n) is 6.19. The zero-order valence-electron chi connectivity index (χ0n) is 16.4. The Labute approximate surface area is 164 Å². The number of nitrogens with zero attached hydrogens (tertiary/aromatic N) is 2. The van der Waals surface area contributed by atoms with Crippen molar-refractivity contribution in [1.29, 1.82) is 0 Å². The van der Waals surface area contributed by atoms with Crippen LogP contribution < -0.4 is 5.32 Å². The zero-order chi connectivity index (χ0) is 19.2. The molecule has 144 valence electrons. The number of imidazole rings is 1. The maximum Gasteiger partial charge on any atom is 0.230 e. The molecule has 27 heavy (non-hydrogen) atoms. The number of benzene rings is 1. The first-order valence-electron chi connectivity index (χ1n) is 9.53. The van der Waals surface area contributed by atoms with Crippen LogP contribution in [0, 0.1) is 25.2 Å². The number of nitrogens with one attached hydrogen (secondary N) is 1. The first-order valence-corrected chi connectivity index (χ1v) is 10.5. The number of fused-ring (bicyclic) bond motifs is 1. The Bertz CT molecular complexity index is 861. The van der Waals surface area contributed by atoms with Crippen molar-refractivity contribution in [1.82, 2.24) is 14.9 Å². The molecule has 1 aromatic heterocycles. The average Bonchev–Trinajstić information content (AvgIpc) is 3.28. The SMILES string of the molecule is Cc1cccc(-n2ccnc2SCC(=O)NC2C3CCOC3C2(C)C)c1C. The molecule has 5 nitrogen and oxygen atoms in total. The van der Waals surface area contributed by atoms with E-state index >= 15 is 0 Å². The number of carbonyl (C=O) groups excluding carboxylic acids is 1. The van der Waals surface area contributed by atoms with E-state index in [9.17, 15) is 4.79 Å². The van der Waals surface area contributed by atoms with E-state index in [1.165, 1.54) is 22.9 Å². The number of carbonyl (C=O) groups is 1. The molecule has 1 saturated heterocycles. The zero-order valence-corrected chi connectivity index (χ0v) is 17.2. The number of hydrogen-bond acceptors (Lipinski definition) is 4. The third-order valence-corrected chi connectivity index (χ3v) is 7.16. The van der Waals surface area contributed by atoms with Crippen molar-refractivity contribution in [3.63, 3.8) is 0 Å². The van der Waals surface area contributed by atoms with Gasteiger partial charge in [-0.05, 0) is 37.5 Å². The van der Waals surface area contributed by atoms with Gasteiger partial charge in [0.1, 0.15) is 0 Å². The summed E-state index contributed by atoms with van der Waals surface area (Å²) in [5.74, 6) is 0.900. The molecule has 1 N–H and O–H groups in total. The summed E-state index contributed by atoms with van der Waals surface area (Å²) in [6, 6.07) is 6.45. The molecule has 1 amide bonds. The lowest BCUT2D eigenvalue weighted by atomic mass is 9.57. The quantitative estimate of drug-likeness (QED) is 0.800. The fraction of sp³-hybridized carbons (Fsp3) is 0.524. The van der Waals surface area contributed by atoms with Crippen LogP contribution in [-0.2, 0) is 9.53 Å². The number of aromatic nitrogens is 2. The second-order valence-corrected chi connectivity index (χ2v) is 9.14. The van der Waals surface area contributed by atoms with E-state index in [1.807, 2.05) is 6.20 Å². The van der Waals surface area contributed by atoms with Crippen LogP contribution in [0.5, 0.6) is 0 Å². The maximum absolute atomic E-state index is 12.6. The van der Waals surface area contributed by atoms with Crippen molar-refractivity contribution >= 4 is 17.7 Å². The molecular formula is C21H27N3O2S. The van der Waals surface area contributed by atoms with Crippen molar-refractivity contribution in [2.45, 2.75) is 51.4 Å². The van der Waals surface area contributed by atoms with Gasteiger partial charge in [0.25, 0.3) is 0 Å². The van der Waals surface area contributed by atoms with Gasteiger partial charge in [-0.25, -0.2) is 4.98 Å². The van der Waals surface area contributed by atoms with Gasteiger partial charge in [-0.1, -0.05) is 37.7 Å². The molecule has 2 fully saturated rings. The standard InChI is InChI=1S/C21H27N3O2S/c1-13-6-5-7-16(14(13)2)24-10-9-22-20(24)27-12-17(25)23-18-15-8-11-26-19(15)21(18,3)4/h5-7,9-10,15,18-19H,8,11-12H2,1-4H3,(H,23,25). The molecule has 1 saturated carbocycles. The summed E-state index contributed by atoms with van der Waals surface area (Å²) in [5.41, 5.74) is 3.60. The van der Waals surface area contributed by atoms with E-state index < -0.39 is 0 Å². The Morgan fingerprint density at radius 2 is 2.22 bits per heavy atom. The highest BCUT2D eigenvalue weighted by atomic mass is 32.2. The molecule has 6 heteroatoms. The van der Waals surface area contributed by atoms with E-state index in [1.54, 1.807) is 6.20 Å². The second-order valence-electron chi connectivity index (χ2n) is 8.20. The number of aryl methyl sites for hydroxylation is 1. The molecule has 4 rings (SSSR count). The van der Waals surface area contributed by atoms with Gasteiger partial charge in [0.2, 0.25) is 5.91 Å². The van der Waals surface area contributed by atoms with Gasteiger partial charge in [-0.3, -0.25) is 9.36 Å². The molecule has 0 spiro atoms. The predicted octanol–water partition coefficient (Wildman–Crippen LogP) is 3.51. The Kier molecular flexibility index (Phi) is 4.80. The van der Waals surface area contributed by atoms with E-state index in [2.05, 4.69) is 60.8 Å². The fourth-order valence-electron chi connectivity index (χ4n) is 4.54. The highest BCUT2D eigenvalue weighted by molar-refractivity contribution is 7.99. The molecule has 3 unspecified atom stereocenters. The van der Waals surface area contributed by atoms with E-state index in [4.69, 9.17) is 4.74 Å². The highest BCUT2D eigenvalue weighted by Crippen LogP contribution is 2.52. The third kappa shape index (κ3) is 3.19. The number of ether oxygens (including phenoxy) is 1. The summed E-state index contributed by atoms with van der Waals surface area (Å²) in [6.07, 6.45) is 5.08. The van der Waals surface area contributed by atoms with Crippen molar-refractivity contribution in [2.75, 3.05) is 12.4 Å². The van der Waals surface area contributed by atoms with Crippen molar-refractivity contribution in [3.05, 3.63) is 41.7 Å². The Hall–Kier alpha value is -1.79. The lowest BCUT2D eigenvalue weighted by molar-refractivity contribution is -0.135. The van der Waals surface area contributed by atoms with Crippen LogP contribution in [0.25, 0.3) is 5.69 Å². The normalized spacial score (nSPS) is 25.7. The van der Waals surface area contributed by atoms with E-state index in [-0.39, 0.29) is 17.4 Å². The van der Waals surface area contributed by atoms with E-state index in [0.29, 0.717) is 17.8 Å². The Morgan fingerprint density at radius 3 is 3.04 bits per heavy atom. The summed E-state index contributed by atoms with van der Waals surface area (Å²) in [4.78, 5) is 17.0. The van der Waals surface area contributed by atoms with Gasteiger partial charge < -0.3 is 10.1 Å². The monoisotopic (exact) mass is 385 g/mol. The van der Waals surface area contributed by atoms with Gasteiger partial charge in [-0.15, -0.1) is 0 Å². The molecule has 1 aliphatic heterocycles. The van der Waals surface area contributed by atoms with Crippen LogP contribution in [0.2, 0.25) is 0 Å². The summed E-state index contributed by atoms with van der Waals surface area (Å²) in [5, 5.41) is 4.08. The number of hydrogen-bond donors (Lipinski definition) is 1. The van der Waals surface area contributed by atoms with Gasteiger partial charge >= 0.3 is 0 Å². The Balaban J connectivity index is 1.41. The number of rotatable bonds is 5. The van der Waals surface area contributed by atoms with Gasteiger partial charge in [0.05, 0.1) is 17.5 Å².